The summed E-state index contributed by atoms with van der Waals surface area (Å²) >= 11 is 6.12. The largest absolute Gasteiger partial charge is 0.489 e. The molecular weight excluding hydrogens is 500 g/mol. The van der Waals surface area contributed by atoms with Crippen LogP contribution < -0.4 is 10.3 Å². The van der Waals surface area contributed by atoms with E-state index in [9.17, 15) is 14.7 Å². The van der Waals surface area contributed by atoms with E-state index in [4.69, 9.17) is 21.3 Å². The first-order valence-electron chi connectivity index (χ1n) is 13.1. The summed E-state index contributed by atoms with van der Waals surface area (Å²) in [5.41, 5.74) is 4.31. The number of aromatic nitrogens is 2. The van der Waals surface area contributed by atoms with Gasteiger partial charge in [-0.2, -0.15) is 0 Å². The number of aromatic carboxylic acids is 1. The van der Waals surface area contributed by atoms with Crippen molar-refractivity contribution in [2.45, 2.75) is 66.0 Å². The van der Waals surface area contributed by atoms with Crippen LogP contribution in [0.3, 0.4) is 0 Å². The second kappa shape index (κ2) is 12.3. The van der Waals surface area contributed by atoms with E-state index in [1.165, 1.54) is 0 Å². The molecule has 0 bridgehead atoms. The van der Waals surface area contributed by atoms with E-state index in [1.807, 2.05) is 37.3 Å². The van der Waals surface area contributed by atoms with Crippen LogP contribution in [0.5, 0.6) is 5.75 Å². The number of nitrogens with zero attached hydrogens (tertiary/aromatic N) is 2. The molecule has 0 atom stereocenters. The maximum absolute atomic E-state index is 13.6. The Kier molecular flexibility index (Phi) is 8.85. The van der Waals surface area contributed by atoms with Crippen LogP contribution in [0.15, 0.2) is 59.4 Å². The summed E-state index contributed by atoms with van der Waals surface area (Å²) in [6, 6.07) is 16.7. The predicted molar refractivity (Wildman–Crippen MR) is 152 cm³/mol. The molecule has 6 nitrogen and oxygen atoms in total. The minimum absolute atomic E-state index is 0.0238. The van der Waals surface area contributed by atoms with Crippen molar-refractivity contribution in [3.05, 3.63) is 104 Å². The predicted octanol–water partition coefficient (Wildman–Crippen LogP) is 6.98. The molecule has 0 saturated heterocycles. The van der Waals surface area contributed by atoms with Gasteiger partial charge in [-0.1, -0.05) is 74.2 Å². The topological polar surface area (TPSA) is 81.4 Å². The number of aryl methyl sites for hydroxylation is 3. The van der Waals surface area contributed by atoms with Crippen molar-refractivity contribution in [2.75, 3.05) is 0 Å². The molecule has 0 unspecified atom stereocenters. The van der Waals surface area contributed by atoms with Gasteiger partial charge in [0.15, 0.2) is 0 Å². The Morgan fingerprint density at radius 1 is 1.03 bits per heavy atom. The van der Waals surface area contributed by atoms with Crippen molar-refractivity contribution in [3.8, 4) is 5.75 Å². The molecule has 198 valence electrons. The fourth-order valence-electron chi connectivity index (χ4n) is 4.67. The number of halogens is 1. The lowest BCUT2D eigenvalue weighted by atomic mass is 10.0. The second-order valence-electron chi connectivity index (χ2n) is 9.60. The molecule has 4 rings (SSSR count). The molecule has 3 aromatic carbocycles. The number of carbonyl (C=O) groups is 1. The van der Waals surface area contributed by atoms with E-state index in [0.717, 1.165) is 60.1 Å². The maximum Gasteiger partial charge on any atom is 0.337 e. The van der Waals surface area contributed by atoms with Gasteiger partial charge in [0.2, 0.25) is 0 Å². The molecule has 0 amide bonds. The monoisotopic (exact) mass is 532 g/mol. The summed E-state index contributed by atoms with van der Waals surface area (Å²) in [5, 5.41) is 10.4. The van der Waals surface area contributed by atoms with Crippen LogP contribution >= 0.6 is 11.6 Å². The first-order chi connectivity index (χ1) is 18.3. The number of hydrogen-bond acceptors (Lipinski definition) is 4. The standard InChI is InChI=1S/C31H33ClN2O4/c1-4-6-11-28-33-26-14-12-20(3)16-24(26)30(35)34(28)18-21-13-15-27(22(17-21)8-5-2)38-19-23-9-7-10-25(32)29(23)31(36)37/h7,9-10,12-17H,4-6,8,11,18-19H2,1-3H3,(H,36,37). The number of unbranched alkanes of at least 4 members (excludes halogenated alkanes) is 1. The highest BCUT2D eigenvalue weighted by molar-refractivity contribution is 6.33. The first-order valence-corrected chi connectivity index (χ1v) is 13.5. The summed E-state index contributed by atoms with van der Waals surface area (Å²) in [6.45, 7) is 6.72. The first kappa shape index (κ1) is 27.4. The molecule has 0 radical (unpaired) electrons. The normalized spacial score (nSPS) is 11.2. The lowest BCUT2D eigenvalue weighted by Crippen LogP contribution is -2.26. The minimum Gasteiger partial charge on any atom is -0.489 e. The van der Waals surface area contributed by atoms with E-state index in [2.05, 4.69) is 19.9 Å². The van der Waals surface area contributed by atoms with E-state index in [-0.39, 0.29) is 22.8 Å². The lowest BCUT2D eigenvalue weighted by Gasteiger charge is -2.17. The van der Waals surface area contributed by atoms with Gasteiger partial charge < -0.3 is 9.84 Å². The van der Waals surface area contributed by atoms with E-state index in [1.54, 1.807) is 22.8 Å². The zero-order valence-corrected chi connectivity index (χ0v) is 22.8. The molecule has 1 aromatic heterocycles. The van der Waals surface area contributed by atoms with Crippen LogP contribution in [0.4, 0.5) is 0 Å². The smallest absolute Gasteiger partial charge is 0.337 e. The highest BCUT2D eigenvalue weighted by Gasteiger charge is 2.16. The Morgan fingerprint density at radius 2 is 1.84 bits per heavy atom. The number of ether oxygens (including phenoxy) is 1. The Labute approximate surface area is 227 Å². The van der Waals surface area contributed by atoms with Gasteiger partial charge in [-0.3, -0.25) is 9.36 Å². The third-order valence-corrected chi connectivity index (χ3v) is 6.94. The van der Waals surface area contributed by atoms with Gasteiger partial charge in [0, 0.05) is 12.0 Å². The van der Waals surface area contributed by atoms with E-state index in [0.29, 0.717) is 23.2 Å². The number of benzene rings is 3. The molecule has 4 aromatic rings. The lowest BCUT2D eigenvalue weighted by molar-refractivity contribution is 0.0694. The highest BCUT2D eigenvalue weighted by atomic mass is 35.5. The number of carboxylic acid groups (broad SMARTS) is 1. The third-order valence-electron chi connectivity index (χ3n) is 6.62. The summed E-state index contributed by atoms with van der Waals surface area (Å²) in [6.07, 6.45) is 4.42. The van der Waals surface area contributed by atoms with Crippen molar-refractivity contribution < 1.29 is 14.6 Å². The van der Waals surface area contributed by atoms with Gasteiger partial charge in [0.05, 0.1) is 28.0 Å². The highest BCUT2D eigenvalue weighted by Crippen LogP contribution is 2.26. The Morgan fingerprint density at radius 3 is 2.58 bits per heavy atom. The number of carboxylic acids is 1. The molecule has 0 fully saturated rings. The molecule has 0 aliphatic heterocycles. The Bertz CT molecular complexity index is 1530. The molecule has 0 spiro atoms. The molecule has 1 N–H and O–H groups in total. The second-order valence-corrected chi connectivity index (χ2v) is 10.0. The summed E-state index contributed by atoms with van der Waals surface area (Å²) in [5.74, 6) is 0.410. The Balaban J connectivity index is 1.66. The molecule has 1 heterocycles. The zero-order valence-electron chi connectivity index (χ0n) is 22.1. The summed E-state index contributed by atoms with van der Waals surface area (Å²) < 4.78 is 7.90. The summed E-state index contributed by atoms with van der Waals surface area (Å²) in [7, 11) is 0. The van der Waals surface area contributed by atoms with Crippen LogP contribution in [-0.4, -0.2) is 20.6 Å². The maximum atomic E-state index is 13.6. The zero-order chi connectivity index (χ0) is 27.2. The Hall–Kier alpha value is -3.64. The number of hydrogen-bond donors (Lipinski definition) is 1. The molecule has 0 saturated carbocycles. The minimum atomic E-state index is -1.08. The average molecular weight is 533 g/mol. The van der Waals surface area contributed by atoms with Gasteiger partial charge in [0.25, 0.3) is 5.56 Å². The van der Waals surface area contributed by atoms with Gasteiger partial charge in [-0.05, 0) is 55.2 Å². The van der Waals surface area contributed by atoms with Crippen molar-refractivity contribution in [3.63, 3.8) is 0 Å². The fraction of sp³-hybridized carbons (Fsp3) is 0.323. The average Bonchev–Trinajstić information content (AvgIpc) is 2.89. The van der Waals surface area contributed by atoms with Crippen LogP contribution in [-0.2, 0) is 26.0 Å². The molecular formula is C31H33ClN2O4. The summed E-state index contributed by atoms with van der Waals surface area (Å²) in [4.78, 5) is 30.1. The number of rotatable bonds is 11. The van der Waals surface area contributed by atoms with Crippen molar-refractivity contribution in [1.82, 2.24) is 9.55 Å². The quantitative estimate of drug-likeness (QED) is 0.225. The molecule has 0 aliphatic carbocycles. The fourth-order valence-corrected chi connectivity index (χ4v) is 4.95. The van der Waals surface area contributed by atoms with Crippen molar-refractivity contribution >= 4 is 28.5 Å². The van der Waals surface area contributed by atoms with Gasteiger partial charge in [-0.15, -0.1) is 0 Å². The van der Waals surface area contributed by atoms with Crippen LogP contribution in [0, 0.1) is 6.92 Å². The van der Waals surface area contributed by atoms with Gasteiger partial charge in [0.1, 0.15) is 18.2 Å². The SMILES string of the molecule is CCCCc1nc2ccc(C)cc2c(=O)n1Cc1ccc(OCc2cccc(Cl)c2C(=O)O)c(CCC)c1. The molecule has 7 heteroatoms. The third kappa shape index (κ3) is 6.08. The molecule has 0 aliphatic rings. The van der Waals surface area contributed by atoms with Crippen LogP contribution in [0.25, 0.3) is 10.9 Å². The van der Waals surface area contributed by atoms with E-state index < -0.39 is 5.97 Å². The van der Waals surface area contributed by atoms with Crippen LogP contribution in [0.2, 0.25) is 5.02 Å². The van der Waals surface area contributed by atoms with Gasteiger partial charge in [-0.25, -0.2) is 9.78 Å². The van der Waals surface area contributed by atoms with Gasteiger partial charge >= 0.3 is 5.97 Å². The van der Waals surface area contributed by atoms with E-state index >= 15 is 0 Å². The number of fused-ring (bicyclic) bond motifs is 1. The van der Waals surface area contributed by atoms with Crippen molar-refractivity contribution in [2.24, 2.45) is 0 Å². The molecule has 38 heavy (non-hydrogen) atoms. The van der Waals surface area contributed by atoms with Crippen molar-refractivity contribution in [1.29, 1.82) is 0 Å². The van der Waals surface area contributed by atoms with Crippen LogP contribution in [0.1, 0.15) is 71.5 Å².